The lowest BCUT2D eigenvalue weighted by molar-refractivity contribution is 0.0600. The Hall–Kier alpha value is -3.26. The van der Waals surface area contributed by atoms with E-state index < -0.39 is 0 Å². The van der Waals surface area contributed by atoms with E-state index in [1.165, 1.54) is 19.2 Å². The number of hydrogen-bond acceptors (Lipinski definition) is 6. The number of ether oxygens (including phenoxy) is 2. The molecule has 1 fully saturated rings. The summed E-state index contributed by atoms with van der Waals surface area (Å²) in [6.07, 6.45) is 1.47. The van der Waals surface area contributed by atoms with Crippen LogP contribution in [0.2, 0.25) is 0 Å². The maximum absolute atomic E-state index is 13.2. The highest BCUT2D eigenvalue weighted by Gasteiger charge is 2.29. The minimum atomic E-state index is -0.367. The molecule has 2 heterocycles. The van der Waals surface area contributed by atoms with Crippen molar-refractivity contribution in [2.75, 3.05) is 25.2 Å². The van der Waals surface area contributed by atoms with Crippen LogP contribution in [0.25, 0.3) is 0 Å². The van der Waals surface area contributed by atoms with Crippen LogP contribution >= 0.6 is 0 Å². The summed E-state index contributed by atoms with van der Waals surface area (Å²) in [7, 11) is 1.35. The van der Waals surface area contributed by atoms with Crippen molar-refractivity contribution in [1.82, 2.24) is 15.0 Å². The molecule has 0 amide bonds. The molecule has 1 saturated heterocycles. The third kappa shape index (κ3) is 3.72. The zero-order valence-electron chi connectivity index (χ0n) is 15.3. The van der Waals surface area contributed by atoms with E-state index in [0.717, 1.165) is 11.3 Å². The Balaban J connectivity index is 1.47. The van der Waals surface area contributed by atoms with E-state index >= 15 is 0 Å². The van der Waals surface area contributed by atoms with Gasteiger partial charge in [0.05, 0.1) is 32.0 Å². The van der Waals surface area contributed by atoms with Crippen LogP contribution in [-0.4, -0.2) is 41.2 Å². The summed E-state index contributed by atoms with van der Waals surface area (Å²) < 4.78 is 25.4. The Labute approximate surface area is 161 Å². The van der Waals surface area contributed by atoms with Crippen molar-refractivity contribution < 1.29 is 18.7 Å². The van der Waals surface area contributed by atoms with Gasteiger partial charge < -0.3 is 14.4 Å². The molecule has 0 aliphatic carbocycles. The minimum Gasteiger partial charge on any atom is -0.465 e. The zero-order chi connectivity index (χ0) is 19.5. The second-order valence-electron chi connectivity index (χ2n) is 6.42. The predicted octanol–water partition coefficient (Wildman–Crippen LogP) is 2.79. The molecule has 7 nitrogen and oxygen atoms in total. The Morgan fingerprint density at radius 2 is 1.96 bits per heavy atom. The van der Waals surface area contributed by atoms with Crippen LogP contribution in [0.4, 0.5) is 10.1 Å². The number of esters is 1. The molecule has 0 spiro atoms. The molecule has 3 aromatic rings. The summed E-state index contributed by atoms with van der Waals surface area (Å²) in [5.41, 5.74) is 3.04. The number of aromatic nitrogens is 3. The minimum absolute atomic E-state index is 0.274. The van der Waals surface area contributed by atoms with Crippen LogP contribution in [-0.2, 0) is 16.0 Å². The van der Waals surface area contributed by atoms with Gasteiger partial charge in [0, 0.05) is 12.2 Å². The molecule has 0 radical (unpaired) electrons. The molecule has 28 heavy (non-hydrogen) atoms. The van der Waals surface area contributed by atoms with E-state index in [0.29, 0.717) is 31.0 Å². The third-order valence-electron chi connectivity index (χ3n) is 4.58. The van der Waals surface area contributed by atoms with Gasteiger partial charge in [0.2, 0.25) is 0 Å². The van der Waals surface area contributed by atoms with Gasteiger partial charge in [-0.2, -0.15) is 0 Å². The smallest absolute Gasteiger partial charge is 0.337 e. The summed E-state index contributed by atoms with van der Waals surface area (Å²) in [6, 6.07) is 13.5. The summed E-state index contributed by atoms with van der Waals surface area (Å²) >= 11 is 0. The Morgan fingerprint density at radius 3 is 2.68 bits per heavy atom. The van der Waals surface area contributed by atoms with Crippen LogP contribution in [0.3, 0.4) is 0 Å². The summed E-state index contributed by atoms with van der Waals surface area (Å²) in [5, 5.41) is 8.43. The average Bonchev–Trinajstić information content (AvgIpc) is 3.38. The lowest BCUT2D eigenvalue weighted by Crippen LogP contribution is -2.23. The maximum atomic E-state index is 13.2. The standard InChI is InChI=1S/C20H19FN4O3/c1-27-20(26)15-4-2-14(3-5-15)12-24-13-18(22-23-24)19-25(10-11-28-19)17-8-6-16(21)7-9-17/h2-9,13,19H,10-12H2,1H3/t19-/m0/s1. The van der Waals surface area contributed by atoms with Gasteiger partial charge in [-0.25, -0.2) is 13.9 Å². The van der Waals surface area contributed by atoms with Crippen LogP contribution in [0.1, 0.15) is 27.8 Å². The van der Waals surface area contributed by atoms with E-state index in [9.17, 15) is 9.18 Å². The van der Waals surface area contributed by atoms with E-state index in [4.69, 9.17) is 9.47 Å². The van der Waals surface area contributed by atoms with E-state index in [1.807, 2.05) is 23.2 Å². The molecule has 0 unspecified atom stereocenters. The molecule has 0 bridgehead atoms. The van der Waals surface area contributed by atoms with Crippen molar-refractivity contribution in [2.45, 2.75) is 12.8 Å². The molecular weight excluding hydrogens is 363 g/mol. The van der Waals surface area contributed by atoms with Gasteiger partial charge in [-0.15, -0.1) is 5.10 Å². The first kappa shape index (κ1) is 18.1. The number of anilines is 1. The highest BCUT2D eigenvalue weighted by atomic mass is 19.1. The monoisotopic (exact) mass is 382 g/mol. The van der Waals surface area contributed by atoms with Gasteiger partial charge in [0.15, 0.2) is 6.23 Å². The van der Waals surface area contributed by atoms with Crippen molar-refractivity contribution >= 4 is 11.7 Å². The number of halogens is 1. The number of hydrogen-bond donors (Lipinski definition) is 0. The van der Waals surface area contributed by atoms with Crippen LogP contribution in [0.15, 0.2) is 54.7 Å². The fraction of sp³-hybridized carbons (Fsp3) is 0.250. The van der Waals surface area contributed by atoms with Crippen molar-refractivity contribution in [3.05, 3.63) is 77.4 Å². The number of methoxy groups -OCH3 is 1. The summed E-state index contributed by atoms with van der Waals surface area (Å²) in [5.74, 6) is -0.640. The Kier molecular flexibility index (Phi) is 5.03. The van der Waals surface area contributed by atoms with Crippen molar-refractivity contribution in [3.8, 4) is 0 Å². The second-order valence-corrected chi connectivity index (χ2v) is 6.42. The van der Waals surface area contributed by atoms with Crippen molar-refractivity contribution in [1.29, 1.82) is 0 Å². The van der Waals surface area contributed by atoms with E-state index in [2.05, 4.69) is 10.3 Å². The number of carbonyl (C=O) groups is 1. The molecule has 8 heteroatoms. The fourth-order valence-electron chi connectivity index (χ4n) is 3.17. The molecule has 2 aromatic carbocycles. The first-order valence-electron chi connectivity index (χ1n) is 8.85. The number of nitrogens with zero attached hydrogens (tertiary/aromatic N) is 4. The molecule has 4 rings (SSSR count). The first-order valence-corrected chi connectivity index (χ1v) is 8.85. The normalized spacial score (nSPS) is 16.4. The second kappa shape index (κ2) is 7.77. The summed E-state index contributed by atoms with van der Waals surface area (Å²) in [4.78, 5) is 13.5. The first-order chi connectivity index (χ1) is 13.6. The average molecular weight is 382 g/mol. The molecule has 1 aliphatic heterocycles. The van der Waals surface area contributed by atoms with Crippen molar-refractivity contribution in [2.24, 2.45) is 0 Å². The quantitative estimate of drug-likeness (QED) is 0.632. The Bertz CT molecular complexity index is 956. The van der Waals surface area contributed by atoms with Gasteiger partial charge in [0.25, 0.3) is 0 Å². The molecule has 1 aromatic heterocycles. The SMILES string of the molecule is COC(=O)c1ccc(Cn2cc([C@@H]3OCCN3c3ccc(F)cc3)nn2)cc1. The van der Waals surface area contributed by atoms with Gasteiger partial charge >= 0.3 is 5.97 Å². The van der Waals surface area contributed by atoms with Gasteiger partial charge in [-0.1, -0.05) is 17.3 Å². The van der Waals surface area contributed by atoms with E-state index in [-0.39, 0.29) is 18.0 Å². The molecule has 0 N–H and O–H groups in total. The third-order valence-corrected chi connectivity index (χ3v) is 4.58. The highest BCUT2D eigenvalue weighted by Crippen LogP contribution is 2.31. The topological polar surface area (TPSA) is 69.5 Å². The van der Waals surface area contributed by atoms with Crippen LogP contribution in [0, 0.1) is 5.82 Å². The predicted molar refractivity (Wildman–Crippen MR) is 99.3 cm³/mol. The molecule has 144 valence electrons. The summed E-state index contributed by atoms with van der Waals surface area (Å²) in [6.45, 7) is 1.76. The van der Waals surface area contributed by atoms with Gasteiger partial charge in [0.1, 0.15) is 11.5 Å². The van der Waals surface area contributed by atoms with Gasteiger partial charge in [-0.3, -0.25) is 0 Å². The highest BCUT2D eigenvalue weighted by molar-refractivity contribution is 5.89. The fourth-order valence-corrected chi connectivity index (χ4v) is 3.17. The molecule has 0 saturated carbocycles. The van der Waals surface area contributed by atoms with Crippen LogP contribution < -0.4 is 4.90 Å². The van der Waals surface area contributed by atoms with Crippen LogP contribution in [0.5, 0.6) is 0 Å². The number of benzene rings is 2. The zero-order valence-corrected chi connectivity index (χ0v) is 15.3. The maximum Gasteiger partial charge on any atom is 0.337 e. The van der Waals surface area contributed by atoms with Crippen molar-refractivity contribution in [3.63, 3.8) is 0 Å². The Morgan fingerprint density at radius 1 is 1.21 bits per heavy atom. The van der Waals surface area contributed by atoms with Gasteiger partial charge in [-0.05, 0) is 42.0 Å². The molecular formula is C20H19FN4O3. The largest absolute Gasteiger partial charge is 0.465 e. The molecule has 1 atom stereocenters. The number of rotatable bonds is 5. The lowest BCUT2D eigenvalue weighted by atomic mass is 10.1. The molecule has 1 aliphatic rings. The van der Waals surface area contributed by atoms with E-state index in [1.54, 1.807) is 28.9 Å². The lowest BCUT2D eigenvalue weighted by Gasteiger charge is -2.23. The number of carbonyl (C=O) groups excluding carboxylic acids is 1.